The van der Waals surface area contributed by atoms with E-state index in [0.29, 0.717) is 15.8 Å². The second-order valence-electron chi connectivity index (χ2n) is 3.45. The molecule has 0 spiro atoms. The molecular formula is C11H9ClN2O2S. The fourth-order valence-electron chi connectivity index (χ4n) is 1.27. The fraction of sp³-hybridized carbons (Fsp3) is 0.0909. The molecule has 6 heteroatoms. The molecule has 4 nitrogen and oxygen atoms in total. The largest absolute Gasteiger partial charge is 0.476 e. The molecule has 2 aromatic rings. The minimum absolute atomic E-state index is 0.0285. The Kier molecular flexibility index (Phi) is 3.31. The van der Waals surface area contributed by atoms with Crippen LogP contribution in [0, 0.1) is 6.92 Å². The molecule has 0 bridgehead atoms. The van der Waals surface area contributed by atoms with E-state index in [2.05, 4.69) is 10.3 Å². The molecular weight excluding hydrogens is 260 g/mol. The first-order valence-electron chi connectivity index (χ1n) is 4.78. The van der Waals surface area contributed by atoms with Crippen molar-refractivity contribution >= 4 is 39.7 Å². The Morgan fingerprint density at radius 1 is 1.53 bits per heavy atom. The van der Waals surface area contributed by atoms with Gasteiger partial charge in [0.25, 0.3) is 0 Å². The monoisotopic (exact) mass is 268 g/mol. The Bertz CT molecular complexity index is 568. The summed E-state index contributed by atoms with van der Waals surface area (Å²) in [6.45, 7) is 1.95. The third-order valence-corrected chi connectivity index (χ3v) is 3.16. The van der Waals surface area contributed by atoms with Gasteiger partial charge in [-0.2, -0.15) is 0 Å². The number of nitrogens with one attached hydrogen (secondary N) is 1. The van der Waals surface area contributed by atoms with Gasteiger partial charge in [-0.3, -0.25) is 0 Å². The zero-order chi connectivity index (χ0) is 12.4. The van der Waals surface area contributed by atoms with Gasteiger partial charge in [0.2, 0.25) is 0 Å². The summed E-state index contributed by atoms with van der Waals surface area (Å²) in [6, 6.07) is 5.58. The van der Waals surface area contributed by atoms with Crippen molar-refractivity contribution in [2.24, 2.45) is 0 Å². The molecule has 1 aromatic carbocycles. The summed E-state index contributed by atoms with van der Waals surface area (Å²) in [5, 5.41) is 14.3. The van der Waals surface area contributed by atoms with Crippen LogP contribution in [-0.2, 0) is 0 Å². The van der Waals surface area contributed by atoms with Gasteiger partial charge in [0.15, 0.2) is 10.8 Å². The molecule has 0 amide bonds. The second-order valence-corrected chi connectivity index (χ2v) is 4.72. The van der Waals surface area contributed by atoms with Crippen LogP contribution in [0.1, 0.15) is 16.1 Å². The van der Waals surface area contributed by atoms with Crippen molar-refractivity contribution in [3.05, 3.63) is 39.9 Å². The van der Waals surface area contributed by atoms with E-state index in [-0.39, 0.29) is 5.69 Å². The third-order valence-electron chi connectivity index (χ3n) is 2.09. The molecule has 0 fully saturated rings. The maximum atomic E-state index is 10.7. The van der Waals surface area contributed by atoms with Gasteiger partial charge in [-0.1, -0.05) is 17.7 Å². The van der Waals surface area contributed by atoms with Crippen LogP contribution >= 0.6 is 22.9 Å². The first-order valence-corrected chi connectivity index (χ1v) is 6.04. The zero-order valence-corrected chi connectivity index (χ0v) is 10.5. The van der Waals surface area contributed by atoms with Crippen LogP contribution in [-0.4, -0.2) is 16.1 Å². The Labute approximate surface area is 107 Å². The highest BCUT2D eigenvalue weighted by atomic mass is 35.5. The highest BCUT2D eigenvalue weighted by Crippen LogP contribution is 2.27. The number of rotatable bonds is 3. The summed E-state index contributed by atoms with van der Waals surface area (Å²) >= 11 is 7.27. The van der Waals surface area contributed by atoms with Crippen molar-refractivity contribution in [1.82, 2.24) is 4.98 Å². The highest BCUT2D eigenvalue weighted by Gasteiger charge is 2.09. The lowest BCUT2D eigenvalue weighted by Gasteiger charge is -2.05. The first-order chi connectivity index (χ1) is 8.06. The van der Waals surface area contributed by atoms with Crippen molar-refractivity contribution in [3.8, 4) is 0 Å². The van der Waals surface area contributed by atoms with E-state index in [1.54, 1.807) is 0 Å². The van der Waals surface area contributed by atoms with Gasteiger partial charge in [-0.05, 0) is 24.6 Å². The van der Waals surface area contributed by atoms with Crippen molar-refractivity contribution in [3.63, 3.8) is 0 Å². The van der Waals surface area contributed by atoms with E-state index in [1.165, 1.54) is 16.7 Å². The SMILES string of the molecule is Cc1ccc(Nc2nc(C(=O)O)cs2)c(Cl)c1. The molecule has 0 aliphatic heterocycles. The maximum absolute atomic E-state index is 10.7. The number of benzene rings is 1. The van der Waals surface area contributed by atoms with E-state index in [0.717, 1.165) is 5.56 Å². The summed E-state index contributed by atoms with van der Waals surface area (Å²) in [4.78, 5) is 14.6. The zero-order valence-electron chi connectivity index (χ0n) is 8.90. The number of aromatic nitrogens is 1. The van der Waals surface area contributed by atoms with Crippen LogP contribution in [0.5, 0.6) is 0 Å². The molecule has 0 unspecified atom stereocenters. The summed E-state index contributed by atoms with van der Waals surface area (Å²) < 4.78 is 0. The quantitative estimate of drug-likeness (QED) is 0.894. The van der Waals surface area contributed by atoms with E-state index < -0.39 is 5.97 Å². The lowest BCUT2D eigenvalue weighted by Crippen LogP contribution is -1.97. The van der Waals surface area contributed by atoms with Gasteiger partial charge in [0.05, 0.1) is 10.7 Å². The summed E-state index contributed by atoms with van der Waals surface area (Å²) in [5.74, 6) is -1.04. The maximum Gasteiger partial charge on any atom is 0.355 e. The molecule has 2 N–H and O–H groups in total. The minimum atomic E-state index is -1.04. The van der Waals surface area contributed by atoms with Gasteiger partial charge < -0.3 is 10.4 Å². The number of nitrogens with zero attached hydrogens (tertiary/aromatic N) is 1. The number of aryl methyl sites for hydroxylation is 1. The lowest BCUT2D eigenvalue weighted by molar-refractivity contribution is 0.0691. The van der Waals surface area contributed by atoms with Crippen molar-refractivity contribution < 1.29 is 9.90 Å². The van der Waals surface area contributed by atoms with Crippen LogP contribution in [0.15, 0.2) is 23.6 Å². The van der Waals surface area contributed by atoms with Crippen LogP contribution in [0.4, 0.5) is 10.8 Å². The second kappa shape index (κ2) is 4.73. The van der Waals surface area contributed by atoms with E-state index >= 15 is 0 Å². The minimum Gasteiger partial charge on any atom is -0.476 e. The Balaban J connectivity index is 2.22. The number of aromatic carboxylic acids is 1. The number of hydrogen-bond donors (Lipinski definition) is 2. The molecule has 88 valence electrons. The van der Waals surface area contributed by atoms with Crippen molar-refractivity contribution in [2.45, 2.75) is 6.92 Å². The lowest BCUT2D eigenvalue weighted by atomic mass is 10.2. The predicted molar refractivity (Wildman–Crippen MR) is 68.5 cm³/mol. The normalized spacial score (nSPS) is 10.2. The van der Waals surface area contributed by atoms with Crippen molar-refractivity contribution in [1.29, 1.82) is 0 Å². The number of carboxylic acid groups (broad SMARTS) is 1. The molecule has 17 heavy (non-hydrogen) atoms. The smallest absolute Gasteiger partial charge is 0.355 e. The molecule has 0 radical (unpaired) electrons. The molecule has 0 aliphatic rings. The Morgan fingerprint density at radius 2 is 2.29 bits per heavy atom. The van der Waals surface area contributed by atoms with Gasteiger partial charge in [-0.25, -0.2) is 9.78 Å². The van der Waals surface area contributed by atoms with Crippen LogP contribution in [0.25, 0.3) is 0 Å². The molecule has 1 aromatic heterocycles. The Morgan fingerprint density at radius 3 is 2.88 bits per heavy atom. The molecule has 0 saturated heterocycles. The molecule has 0 aliphatic carbocycles. The van der Waals surface area contributed by atoms with Gasteiger partial charge in [-0.15, -0.1) is 11.3 Å². The number of carbonyl (C=O) groups is 1. The number of hydrogen-bond acceptors (Lipinski definition) is 4. The Hall–Kier alpha value is -1.59. The highest BCUT2D eigenvalue weighted by molar-refractivity contribution is 7.14. The van der Waals surface area contributed by atoms with E-state index in [1.807, 2.05) is 25.1 Å². The number of halogens is 1. The summed E-state index contributed by atoms with van der Waals surface area (Å²) in [5.41, 5.74) is 1.80. The predicted octanol–water partition coefficient (Wildman–Crippen LogP) is 3.55. The summed E-state index contributed by atoms with van der Waals surface area (Å²) in [6.07, 6.45) is 0. The van der Waals surface area contributed by atoms with Gasteiger partial charge in [0, 0.05) is 5.38 Å². The van der Waals surface area contributed by atoms with E-state index in [4.69, 9.17) is 16.7 Å². The third kappa shape index (κ3) is 2.75. The topological polar surface area (TPSA) is 62.2 Å². The van der Waals surface area contributed by atoms with Crippen LogP contribution in [0.2, 0.25) is 5.02 Å². The summed E-state index contributed by atoms with van der Waals surface area (Å²) in [7, 11) is 0. The number of thiazole rings is 1. The number of anilines is 2. The van der Waals surface area contributed by atoms with Gasteiger partial charge in [0.1, 0.15) is 0 Å². The number of carboxylic acids is 1. The van der Waals surface area contributed by atoms with Crippen LogP contribution in [0.3, 0.4) is 0 Å². The van der Waals surface area contributed by atoms with Crippen LogP contribution < -0.4 is 5.32 Å². The molecule has 0 atom stereocenters. The van der Waals surface area contributed by atoms with E-state index in [9.17, 15) is 4.79 Å². The van der Waals surface area contributed by atoms with Gasteiger partial charge >= 0.3 is 5.97 Å². The first kappa shape index (κ1) is 11.9. The standard InChI is InChI=1S/C11H9ClN2O2S/c1-6-2-3-8(7(12)4-6)13-11-14-9(5-17-11)10(15)16/h2-5H,1H3,(H,13,14)(H,15,16). The molecule has 0 saturated carbocycles. The molecule has 1 heterocycles. The fourth-order valence-corrected chi connectivity index (χ4v) is 2.25. The average Bonchev–Trinajstić information content (AvgIpc) is 2.71. The molecule has 2 rings (SSSR count). The average molecular weight is 269 g/mol. The van der Waals surface area contributed by atoms with Crippen molar-refractivity contribution in [2.75, 3.05) is 5.32 Å².